The summed E-state index contributed by atoms with van der Waals surface area (Å²) >= 11 is 5.67. The second-order valence-corrected chi connectivity index (χ2v) is 5.60. The van der Waals surface area contributed by atoms with E-state index in [4.69, 9.17) is 16.7 Å². The molecule has 1 rings (SSSR count). The predicted molar refractivity (Wildman–Crippen MR) is 80.9 cm³/mol. The minimum absolute atomic E-state index is 0.141. The van der Waals surface area contributed by atoms with Crippen molar-refractivity contribution in [1.29, 1.82) is 0 Å². The smallest absolute Gasteiger partial charge is 0.319 e. The number of aliphatic hydroxyl groups excluding tert-OH is 1. The van der Waals surface area contributed by atoms with Gasteiger partial charge < -0.3 is 15.7 Å². The molecule has 5 nitrogen and oxygen atoms in total. The molecule has 1 atom stereocenters. The van der Waals surface area contributed by atoms with Gasteiger partial charge in [0.2, 0.25) is 0 Å². The molecule has 0 spiro atoms. The molecule has 3 N–H and O–H groups in total. The largest absolute Gasteiger partial charge is 0.396 e. The number of nitrogens with zero attached hydrogens (tertiary/aromatic N) is 1. The van der Waals surface area contributed by atoms with Crippen LogP contribution in [0.3, 0.4) is 0 Å². The molecule has 0 aromatic carbocycles. The van der Waals surface area contributed by atoms with Gasteiger partial charge in [-0.05, 0) is 36.8 Å². The van der Waals surface area contributed by atoms with E-state index in [9.17, 15) is 4.79 Å². The number of amides is 2. The third-order valence-electron chi connectivity index (χ3n) is 2.88. The van der Waals surface area contributed by atoms with E-state index in [1.807, 2.05) is 0 Å². The Morgan fingerprint density at radius 2 is 2.20 bits per heavy atom. The first-order valence-corrected chi connectivity index (χ1v) is 7.16. The van der Waals surface area contributed by atoms with Crippen molar-refractivity contribution in [3.8, 4) is 0 Å². The lowest BCUT2D eigenvalue weighted by Gasteiger charge is -2.18. The highest BCUT2D eigenvalue weighted by molar-refractivity contribution is 6.29. The SMILES string of the molecule is CC(C)CC(CCO)CNC(=O)Nc1ccc(Cl)nc1. The van der Waals surface area contributed by atoms with E-state index >= 15 is 0 Å². The molecule has 0 fully saturated rings. The molecule has 0 saturated heterocycles. The minimum atomic E-state index is -0.277. The molecule has 2 amide bonds. The Morgan fingerprint density at radius 3 is 2.75 bits per heavy atom. The molecular formula is C14H22ClN3O2. The third-order valence-corrected chi connectivity index (χ3v) is 3.10. The number of nitrogens with one attached hydrogen (secondary N) is 2. The van der Waals surface area contributed by atoms with Crippen LogP contribution < -0.4 is 10.6 Å². The summed E-state index contributed by atoms with van der Waals surface area (Å²) in [5.41, 5.74) is 0.592. The van der Waals surface area contributed by atoms with E-state index in [1.54, 1.807) is 12.1 Å². The minimum Gasteiger partial charge on any atom is -0.396 e. The molecule has 20 heavy (non-hydrogen) atoms. The number of halogens is 1. The van der Waals surface area contributed by atoms with Crippen molar-refractivity contribution >= 4 is 23.3 Å². The summed E-state index contributed by atoms with van der Waals surface area (Å²) in [6.45, 7) is 4.95. The highest BCUT2D eigenvalue weighted by Gasteiger charge is 2.12. The van der Waals surface area contributed by atoms with Gasteiger partial charge in [0.15, 0.2) is 0 Å². The molecule has 0 saturated carbocycles. The number of rotatable bonds is 7. The molecule has 0 aliphatic rings. The normalized spacial score (nSPS) is 12.2. The number of anilines is 1. The van der Waals surface area contributed by atoms with E-state index in [0.717, 1.165) is 6.42 Å². The van der Waals surface area contributed by atoms with E-state index in [1.165, 1.54) is 6.20 Å². The van der Waals surface area contributed by atoms with Crippen molar-refractivity contribution in [2.75, 3.05) is 18.5 Å². The van der Waals surface area contributed by atoms with Gasteiger partial charge in [0.25, 0.3) is 0 Å². The Balaban J connectivity index is 2.38. The Bertz CT molecular complexity index is 409. The summed E-state index contributed by atoms with van der Waals surface area (Å²) in [6, 6.07) is 3.03. The Morgan fingerprint density at radius 1 is 1.45 bits per heavy atom. The van der Waals surface area contributed by atoms with Gasteiger partial charge in [-0.2, -0.15) is 0 Å². The first-order valence-electron chi connectivity index (χ1n) is 6.78. The molecule has 0 aliphatic carbocycles. The van der Waals surface area contributed by atoms with E-state index in [-0.39, 0.29) is 18.6 Å². The lowest BCUT2D eigenvalue weighted by molar-refractivity contribution is 0.231. The van der Waals surface area contributed by atoms with Gasteiger partial charge in [-0.25, -0.2) is 9.78 Å². The number of pyridine rings is 1. The summed E-state index contributed by atoms with van der Waals surface area (Å²) in [5.74, 6) is 0.825. The zero-order chi connectivity index (χ0) is 15.0. The molecule has 0 radical (unpaired) electrons. The van der Waals surface area contributed by atoms with E-state index in [2.05, 4.69) is 29.5 Å². The van der Waals surface area contributed by atoms with E-state index < -0.39 is 0 Å². The van der Waals surface area contributed by atoms with Gasteiger partial charge in [-0.1, -0.05) is 25.4 Å². The molecule has 6 heteroatoms. The Hall–Kier alpha value is -1.33. The van der Waals surface area contributed by atoms with Crippen LogP contribution >= 0.6 is 11.6 Å². The second-order valence-electron chi connectivity index (χ2n) is 5.21. The summed E-state index contributed by atoms with van der Waals surface area (Å²) in [4.78, 5) is 15.6. The molecule has 0 bridgehead atoms. The number of carbonyl (C=O) groups excluding carboxylic acids is 1. The quantitative estimate of drug-likeness (QED) is 0.678. The molecule has 1 heterocycles. The molecule has 112 valence electrons. The lowest BCUT2D eigenvalue weighted by atomic mass is 9.94. The summed E-state index contributed by atoms with van der Waals surface area (Å²) in [5, 5.41) is 14.9. The van der Waals surface area contributed by atoms with Gasteiger partial charge in [0, 0.05) is 13.2 Å². The van der Waals surface area contributed by atoms with Crippen LogP contribution in [0.25, 0.3) is 0 Å². The Kier molecular flexibility index (Phi) is 7.33. The highest BCUT2D eigenvalue weighted by Crippen LogP contribution is 2.14. The highest BCUT2D eigenvalue weighted by atomic mass is 35.5. The zero-order valence-corrected chi connectivity index (χ0v) is 12.7. The van der Waals surface area contributed by atoms with Crippen LogP contribution in [0.1, 0.15) is 26.7 Å². The summed E-state index contributed by atoms with van der Waals surface area (Å²) in [7, 11) is 0. The van der Waals surface area contributed by atoms with Gasteiger partial charge in [-0.3, -0.25) is 0 Å². The van der Waals surface area contributed by atoms with Crippen LogP contribution in [-0.4, -0.2) is 29.3 Å². The maximum atomic E-state index is 11.7. The molecule has 1 aromatic heterocycles. The topological polar surface area (TPSA) is 74.2 Å². The molecule has 1 aromatic rings. The first kappa shape index (κ1) is 16.7. The fraction of sp³-hybridized carbons (Fsp3) is 0.571. The first-order chi connectivity index (χ1) is 9.51. The van der Waals surface area contributed by atoms with Crippen LogP contribution in [0.15, 0.2) is 18.3 Å². The van der Waals surface area contributed by atoms with Crippen LogP contribution in [-0.2, 0) is 0 Å². The van der Waals surface area contributed by atoms with Crippen LogP contribution in [0, 0.1) is 11.8 Å². The van der Waals surface area contributed by atoms with Crippen molar-refractivity contribution in [2.45, 2.75) is 26.7 Å². The predicted octanol–water partition coefficient (Wildman–Crippen LogP) is 2.90. The molecule has 0 aliphatic heterocycles. The zero-order valence-electron chi connectivity index (χ0n) is 11.9. The molecular weight excluding hydrogens is 278 g/mol. The number of hydrogen-bond acceptors (Lipinski definition) is 3. The third kappa shape index (κ3) is 6.73. The number of carbonyl (C=O) groups is 1. The van der Waals surface area contributed by atoms with Crippen LogP contribution in [0.2, 0.25) is 5.15 Å². The van der Waals surface area contributed by atoms with Gasteiger partial charge in [-0.15, -0.1) is 0 Å². The van der Waals surface area contributed by atoms with Crippen molar-refractivity contribution in [1.82, 2.24) is 10.3 Å². The van der Waals surface area contributed by atoms with Crippen LogP contribution in [0.5, 0.6) is 0 Å². The average molecular weight is 300 g/mol. The van der Waals surface area contributed by atoms with Crippen molar-refractivity contribution in [2.24, 2.45) is 11.8 Å². The number of hydrogen-bond donors (Lipinski definition) is 3. The van der Waals surface area contributed by atoms with Gasteiger partial charge in [0.1, 0.15) is 5.15 Å². The van der Waals surface area contributed by atoms with Crippen molar-refractivity contribution < 1.29 is 9.90 Å². The standard InChI is InChI=1S/C14H22ClN3O2/c1-10(2)7-11(5-6-19)8-17-14(20)18-12-3-4-13(15)16-9-12/h3-4,9-11,19H,5-8H2,1-2H3,(H2,17,18,20). The van der Waals surface area contributed by atoms with Crippen molar-refractivity contribution in [3.05, 3.63) is 23.5 Å². The fourth-order valence-corrected chi connectivity index (χ4v) is 2.13. The lowest BCUT2D eigenvalue weighted by Crippen LogP contribution is -2.33. The van der Waals surface area contributed by atoms with Gasteiger partial charge >= 0.3 is 6.03 Å². The molecule has 1 unspecified atom stereocenters. The fourth-order valence-electron chi connectivity index (χ4n) is 2.01. The number of urea groups is 1. The number of aromatic nitrogens is 1. The Labute approximate surface area is 124 Å². The monoisotopic (exact) mass is 299 g/mol. The summed E-state index contributed by atoms with van der Waals surface area (Å²) < 4.78 is 0. The second kappa shape index (κ2) is 8.76. The van der Waals surface area contributed by atoms with Crippen molar-refractivity contribution in [3.63, 3.8) is 0 Å². The van der Waals surface area contributed by atoms with E-state index in [0.29, 0.717) is 29.7 Å². The maximum Gasteiger partial charge on any atom is 0.319 e. The average Bonchev–Trinajstić information content (AvgIpc) is 2.38. The van der Waals surface area contributed by atoms with Gasteiger partial charge in [0.05, 0.1) is 11.9 Å². The summed E-state index contributed by atoms with van der Waals surface area (Å²) in [6.07, 6.45) is 3.17. The van der Waals surface area contributed by atoms with Crippen LogP contribution in [0.4, 0.5) is 10.5 Å². The maximum absolute atomic E-state index is 11.7. The number of aliphatic hydroxyl groups is 1.